The normalized spacial score (nSPS) is 9.55. The molecule has 0 heterocycles. The van der Waals surface area contributed by atoms with Crippen molar-refractivity contribution in [2.75, 3.05) is 0 Å². The standard InChI is InChI=1S/C32H34O4.4C2H6/c1-17-13-27(14-18(2)29(17)33)35-31-21(5)9-25(10-22(31)6)26-11-23(7)32(24(8)12-26)36-28-15-19(3)30(34)20(4)16-28;4*1-2/h9-16,33-34H,1-8H3;4*1-2H3. The summed E-state index contributed by atoms with van der Waals surface area (Å²) in [6, 6.07) is 16.0. The molecule has 0 saturated heterocycles. The number of rotatable bonds is 5. The lowest BCUT2D eigenvalue weighted by molar-refractivity contribution is 0.454. The summed E-state index contributed by atoms with van der Waals surface area (Å²) in [4.78, 5) is 0. The van der Waals surface area contributed by atoms with E-state index in [1.165, 1.54) is 0 Å². The summed E-state index contributed by atoms with van der Waals surface area (Å²) >= 11 is 0. The fourth-order valence-corrected chi connectivity index (χ4v) is 4.74. The highest BCUT2D eigenvalue weighted by molar-refractivity contribution is 5.71. The number of phenolic OH excluding ortho intramolecular Hbond substituents is 2. The first-order chi connectivity index (χ1) is 20.9. The Morgan fingerprint density at radius 1 is 0.341 bits per heavy atom. The second-order valence-corrected chi connectivity index (χ2v) is 9.89. The fourth-order valence-electron chi connectivity index (χ4n) is 4.74. The number of ether oxygens (including phenoxy) is 2. The molecule has 0 bridgehead atoms. The van der Waals surface area contributed by atoms with Crippen LogP contribution < -0.4 is 9.47 Å². The zero-order valence-electron chi connectivity index (χ0n) is 30.3. The zero-order valence-corrected chi connectivity index (χ0v) is 30.3. The van der Waals surface area contributed by atoms with Crippen molar-refractivity contribution >= 4 is 0 Å². The first-order valence-corrected chi connectivity index (χ1v) is 16.1. The predicted octanol–water partition coefficient (Wildman–Crippen LogP) is 12.9. The smallest absolute Gasteiger partial charge is 0.133 e. The maximum Gasteiger partial charge on any atom is 0.133 e. The highest BCUT2D eigenvalue weighted by atomic mass is 16.5. The Kier molecular flexibility index (Phi) is 17.7. The zero-order chi connectivity index (χ0) is 34.3. The van der Waals surface area contributed by atoms with Crippen LogP contribution in [0.1, 0.15) is 99.9 Å². The van der Waals surface area contributed by atoms with Crippen LogP contribution in [0.5, 0.6) is 34.5 Å². The van der Waals surface area contributed by atoms with E-state index in [2.05, 4.69) is 52.0 Å². The number of hydrogen-bond acceptors (Lipinski definition) is 4. The van der Waals surface area contributed by atoms with Crippen molar-refractivity contribution in [3.05, 3.63) is 93.0 Å². The minimum Gasteiger partial charge on any atom is -0.507 e. The first kappa shape index (κ1) is 40.1. The molecule has 4 aromatic carbocycles. The van der Waals surface area contributed by atoms with E-state index in [9.17, 15) is 10.2 Å². The van der Waals surface area contributed by atoms with E-state index in [1.54, 1.807) is 0 Å². The molecule has 4 rings (SSSR count). The molecule has 0 aliphatic heterocycles. The van der Waals surface area contributed by atoms with Crippen molar-refractivity contribution < 1.29 is 19.7 Å². The van der Waals surface area contributed by atoms with Gasteiger partial charge in [0.15, 0.2) is 0 Å². The molecule has 0 atom stereocenters. The SMILES string of the molecule is CC.CC.CC.CC.Cc1cc(Oc2c(C)cc(-c3cc(C)c(Oc4cc(C)c(O)c(C)c4)c(C)c3)cc2C)cc(C)c1O. The Morgan fingerprint density at radius 3 is 0.750 bits per heavy atom. The van der Waals surface area contributed by atoms with Gasteiger partial charge in [-0.3, -0.25) is 0 Å². The first-order valence-electron chi connectivity index (χ1n) is 16.1. The monoisotopic (exact) mass is 602 g/mol. The van der Waals surface area contributed by atoms with E-state index >= 15 is 0 Å². The number of hydrogen-bond donors (Lipinski definition) is 2. The van der Waals surface area contributed by atoms with Gasteiger partial charge in [-0.1, -0.05) is 55.4 Å². The Bertz CT molecular complexity index is 1280. The molecule has 242 valence electrons. The summed E-state index contributed by atoms with van der Waals surface area (Å²) in [6.45, 7) is 31.7. The molecule has 4 heteroatoms. The Hall–Kier alpha value is -3.92. The summed E-state index contributed by atoms with van der Waals surface area (Å²) in [5, 5.41) is 20.2. The largest absolute Gasteiger partial charge is 0.507 e. The Morgan fingerprint density at radius 2 is 0.545 bits per heavy atom. The van der Waals surface area contributed by atoms with Crippen LogP contribution in [-0.2, 0) is 0 Å². The van der Waals surface area contributed by atoms with Crippen LogP contribution in [0.3, 0.4) is 0 Å². The van der Waals surface area contributed by atoms with Gasteiger partial charge in [-0.2, -0.15) is 0 Å². The number of phenols is 2. The lowest BCUT2D eigenvalue weighted by Gasteiger charge is -2.18. The van der Waals surface area contributed by atoms with Gasteiger partial charge >= 0.3 is 0 Å². The van der Waals surface area contributed by atoms with Crippen LogP contribution >= 0.6 is 0 Å². The van der Waals surface area contributed by atoms with Gasteiger partial charge in [-0.15, -0.1) is 0 Å². The van der Waals surface area contributed by atoms with Crippen LogP contribution in [0.25, 0.3) is 11.1 Å². The van der Waals surface area contributed by atoms with Crippen LogP contribution in [0.4, 0.5) is 0 Å². The Balaban J connectivity index is 0.00000214. The predicted molar refractivity (Wildman–Crippen MR) is 192 cm³/mol. The molecule has 0 aliphatic rings. The summed E-state index contributed by atoms with van der Waals surface area (Å²) in [7, 11) is 0. The molecule has 0 aromatic heterocycles. The summed E-state index contributed by atoms with van der Waals surface area (Å²) in [6.07, 6.45) is 0. The third-order valence-corrected chi connectivity index (χ3v) is 6.62. The van der Waals surface area contributed by atoms with Gasteiger partial charge in [-0.05, 0) is 160 Å². The fraction of sp³-hybridized carbons (Fsp3) is 0.400. The second kappa shape index (κ2) is 19.4. The van der Waals surface area contributed by atoms with Gasteiger partial charge in [0.2, 0.25) is 0 Å². The van der Waals surface area contributed by atoms with E-state index in [0.29, 0.717) is 11.5 Å². The minimum atomic E-state index is 0.306. The van der Waals surface area contributed by atoms with Gasteiger partial charge in [0, 0.05) is 0 Å². The van der Waals surface area contributed by atoms with E-state index in [-0.39, 0.29) is 0 Å². The van der Waals surface area contributed by atoms with E-state index in [1.807, 2.05) is 107 Å². The van der Waals surface area contributed by atoms with E-state index < -0.39 is 0 Å². The minimum absolute atomic E-state index is 0.306. The van der Waals surface area contributed by atoms with Crippen LogP contribution in [-0.4, -0.2) is 10.2 Å². The van der Waals surface area contributed by atoms with Crippen molar-refractivity contribution in [3.63, 3.8) is 0 Å². The molecule has 0 saturated carbocycles. The third-order valence-electron chi connectivity index (χ3n) is 6.62. The lowest BCUT2D eigenvalue weighted by Crippen LogP contribution is -1.96. The molecule has 4 nitrogen and oxygen atoms in total. The molecule has 0 aliphatic carbocycles. The molecule has 2 N–H and O–H groups in total. The number of aromatic hydroxyl groups is 2. The molecule has 0 radical (unpaired) electrons. The molecule has 0 spiro atoms. The quantitative estimate of drug-likeness (QED) is 0.238. The maximum atomic E-state index is 10.1. The van der Waals surface area contributed by atoms with Crippen molar-refractivity contribution in [1.82, 2.24) is 0 Å². The van der Waals surface area contributed by atoms with Crippen LogP contribution in [0.2, 0.25) is 0 Å². The highest BCUT2D eigenvalue weighted by Gasteiger charge is 2.14. The van der Waals surface area contributed by atoms with Crippen molar-refractivity contribution in [3.8, 4) is 45.6 Å². The molecule has 0 amide bonds. The second-order valence-electron chi connectivity index (χ2n) is 9.89. The highest BCUT2D eigenvalue weighted by Crippen LogP contribution is 2.39. The summed E-state index contributed by atoms with van der Waals surface area (Å²) < 4.78 is 12.5. The summed E-state index contributed by atoms with van der Waals surface area (Å²) in [5.74, 6) is 3.70. The third kappa shape index (κ3) is 10.1. The Labute approximate surface area is 268 Å². The van der Waals surface area contributed by atoms with Crippen molar-refractivity contribution in [2.45, 2.75) is 111 Å². The average Bonchev–Trinajstić information content (AvgIpc) is 3.02. The molecule has 0 unspecified atom stereocenters. The molecule has 4 aromatic rings. The molecule has 0 fully saturated rings. The van der Waals surface area contributed by atoms with E-state index in [0.717, 1.165) is 78.6 Å². The van der Waals surface area contributed by atoms with Crippen molar-refractivity contribution in [2.24, 2.45) is 0 Å². The van der Waals surface area contributed by atoms with Gasteiger partial charge in [-0.25, -0.2) is 0 Å². The van der Waals surface area contributed by atoms with Crippen LogP contribution in [0.15, 0.2) is 48.5 Å². The van der Waals surface area contributed by atoms with Gasteiger partial charge in [0.25, 0.3) is 0 Å². The molecular weight excluding hydrogens is 544 g/mol. The average molecular weight is 603 g/mol. The van der Waals surface area contributed by atoms with Crippen LogP contribution in [0, 0.1) is 55.4 Å². The van der Waals surface area contributed by atoms with E-state index in [4.69, 9.17) is 9.47 Å². The van der Waals surface area contributed by atoms with Crippen molar-refractivity contribution in [1.29, 1.82) is 0 Å². The topological polar surface area (TPSA) is 58.9 Å². The maximum absolute atomic E-state index is 10.1. The summed E-state index contributed by atoms with van der Waals surface area (Å²) in [5.41, 5.74) is 9.57. The molecular formula is C40H58O4. The number of aryl methyl sites for hydroxylation is 8. The van der Waals surface area contributed by atoms with Gasteiger partial charge in [0.1, 0.15) is 34.5 Å². The number of benzene rings is 4. The molecule has 44 heavy (non-hydrogen) atoms. The van der Waals surface area contributed by atoms with Gasteiger partial charge in [0.05, 0.1) is 0 Å². The van der Waals surface area contributed by atoms with Gasteiger partial charge < -0.3 is 19.7 Å². The lowest BCUT2D eigenvalue weighted by atomic mass is 9.96.